The van der Waals surface area contributed by atoms with Gasteiger partial charge in [-0.1, -0.05) is 12.1 Å². The summed E-state index contributed by atoms with van der Waals surface area (Å²) >= 11 is 0. The van der Waals surface area contributed by atoms with Crippen molar-refractivity contribution in [3.05, 3.63) is 48.5 Å². The largest absolute Gasteiger partial charge is 0.497 e. The van der Waals surface area contributed by atoms with Crippen LogP contribution in [0.5, 0.6) is 5.75 Å². The van der Waals surface area contributed by atoms with E-state index in [0.717, 1.165) is 30.7 Å². The molecule has 112 valence electrons. The minimum Gasteiger partial charge on any atom is -0.497 e. The van der Waals surface area contributed by atoms with Gasteiger partial charge in [0.2, 0.25) is 0 Å². The van der Waals surface area contributed by atoms with Gasteiger partial charge in [-0.25, -0.2) is 4.98 Å². The van der Waals surface area contributed by atoms with Gasteiger partial charge >= 0.3 is 0 Å². The minimum atomic E-state index is -0.545. The molecular weight excluding hydrogens is 268 g/mol. The number of imidazole rings is 1. The van der Waals surface area contributed by atoms with Crippen LogP contribution in [-0.2, 0) is 22.4 Å². The van der Waals surface area contributed by atoms with Crippen molar-refractivity contribution in [1.82, 2.24) is 9.55 Å². The normalized spacial score (nSPS) is 17.0. The molecule has 5 heteroatoms. The van der Waals surface area contributed by atoms with Gasteiger partial charge in [-0.15, -0.1) is 0 Å². The van der Waals surface area contributed by atoms with Gasteiger partial charge in [0, 0.05) is 31.8 Å². The second kappa shape index (κ2) is 6.28. The molecule has 0 spiro atoms. The molecule has 0 aliphatic carbocycles. The Hall–Kier alpha value is -1.85. The number of aromatic nitrogens is 2. The first-order valence-corrected chi connectivity index (χ1v) is 7.16. The summed E-state index contributed by atoms with van der Waals surface area (Å²) in [5.41, 5.74) is 1.15. The van der Waals surface area contributed by atoms with Crippen LogP contribution in [0.15, 0.2) is 43.0 Å². The first kappa shape index (κ1) is 14.1. The van der Waals surface area contributed by atoms with Crippen LogP contribution in [0.25, 0.3) is 0 Å². The molecule has 0 saturated carbocycles. The van der Waals surface area contributed by atoms with Crippen molar-refractivity contribution in [2.45, 2.75) is 25.2 Å². The average Bonchev–Trinajstić information content (AvgIpc) is 3.17. The third-order valence-corrected chi connectivity index (χ3v) is 3.73. The van der Waals surface area contributed by atoms with E-state index >= 15 is 0 Å². The topological polar surface area (TPSA) is 45.5 Å². The van der Waals surface area contributed by atoms with Gasteiger partial charge in [0.05, 0.1) is 26.7 Å². The fourth-order valence-corrected chi connectivity index (χ4v) is 2.64. The molecule has 5 nitrogen and oxygen atoms in total. The van der Waals surface area contributed by atoms with Gasteiger partial charge < -0.3 is 18.8 Å². The van der Waals surface area contributed by atoms with E-state index in [0.29, 0.717) is 13.2 Å². The van der Waals surface area contributed by atoms with Gasteiger partial charge in [0.15, 0.2) is 5.79 Å². The lowest BCUT2D eigenvalue weighted by Gasteiger charge is -2.28. The lowest BCUT2D eigenvalue weighted by atomic mass is 10.0. The van der Waals surface area contributed by atoms with Crippen molar-refractivity contribution in [2.24, 2.45) is 0 Å². The summed E-state index contributed by atoms with van der Waals surface area (Å²) in [6.07, 6.45) is 7.06. The highest BCUT2D eigenvalue weighted by molar-refractivity contribution is 5.29. The van der Waals surface area contributed by atoms with Crippen molar-refractivity contribution >= 4 is 0 Å². The van der Waals surface area contributed by atoms with Gasteiger partial charge in [-0.2, -0.15) is 0 Å². The Kier molecular flexibility index (Phi) is 4.22. The molecule has 3 rings (SSSR count). The van der Waals surface area contributed by atoms with Crippen molar-refractivity contribution in [2.75, 3.05) is 20.3 Å². The van der Waals surface area contributed by atoms with E-state index in [-0.39, 0.29) is 0 Å². The van der Waals surface area contributed by atoms with Gasteiger partial charge in [-0.3, -0.25) is 0 Å². The highest BCUT2D eigenvalue weighted by Crippen LogP contribution is 2.29. The highest BCUT2D eigenvalue weighted by atomic mass is 16.7. The minimum absolute atomic E-state index is 0.545. The van der Waals surface area contributed by atoms with Crippen molar-refractivity contribution in [3.63, 3.8) is 0 Å². The molecule has 1 aromatic heterocycles. The van der Waals surface area contributed by atoms with Crippen LogP contribution in [0.4, 0.5) is 0 Å². The predicted molar refractivity (Wildman–Crippen MR) is 78.2 cm³/mol. The molecule has 2 heterocycles. The summed E-state index contributed by atoms with van der Waals surface area (Å²) in [4.78, 5) is 4.06. The Labute approximate surface area is 124 Å². The molecule has 1 fully saturated rings. The zero-order chi connectivity index (χ0) is 14.5. The number of aryl methyl sites for hydroxylation is 1. The van der Waals surface area contributed by atoms with Crippen LogP contribution < -0.4 is 4.74 Å². The summed E-state index contributed by atoms with van der Waals surface area (Å²) < 4.78 is 19.2. The number of hydrogen-bond acceptors (Lipinski definition) is 4. The van der Waals surface area contributed by atoms with E-state index in [1.54, 1.807) is 13.3 Å². The van der Waals surface area contributed by atoms with Crippen LogP contribution in [0, 0.1) is 0 Å². The molecule has 1 aromatic carbocycles. The monoisotopic (exact) mass is 288 g/mol. The average molecular weight is 288 g/mol. The molecule has 0 unspecified atom stereocenters. The van der Waals surface area contributed by atoms with E-state index in [1.165, 1.54) is 0 Å². The maximum atomic E-state index is 5.92. The van der Waals surface area contributed by atoms with E-state index in [1.807, 2.05) is 35.3 Å². The second-order valence-corrected chi connectivity index (χ2v) is 5.19. The number of hydrogen-bond donors (Lipinski definition) is 0. The van der Waals surface area contributed by atoms with Crippen LogP contribution in [0.1, 0.15) is 12.0 Å². The first-order valence-electron chi connectivity index (χ1n) is 7.16. The maximum Gasteiger partial charge on any atom is 0.174 e. The van der Waals surface area contributed by atoms with Crippen molar-refractivity contribution in [3.8, 4) is 5.75 Å². The molecule has 1 aliphatic rings. The second-order valence-electron chi connectivity index (χ2n) is 5.19. The standard InChI is InChI=1S/C16H20N2O3/c1-19-15-4-2-3-14(11-15)12-16(20-9-10-21-16)5-7-18-8-6-17-13-18/h2-4,6,8,11,13H,5,7,9-10,12H2,1H3. The van der Waals surface area contributed by atoms with E-state index in [4.69, 9.17) is 14.2 Å². The molecule has 0 N–H and O–H groups in total. The van der Waals surface area contributed by atoms with Gasteiger partial charge in [0.25, 0.3) is 0 Å². The van der Waals surface area contributed by atoms with E-state index in [2.05, 4.69) is 11.1 Å². The molecule has 21 heavy (non-hydrogen) atoms. The SMILES string of the molecule is COc1cccc(CC2(CCn3ccnc3)OCCO2)c1. The zero-order valence-electron chi connectivity index (χ0n) is 12.2. The van der Waals surface area contributed by atoms with Crippen molar-refractivity contribution < 1.29 is 14.2 Å². The number of nitrogens with zero attached hydrogens (tertiary/aromatic N) is 2. The van der Waals surface area contributed by atoms with Gasteiger partial charge in [-0.05, 0) is 17.7 Å². The van der Waals surface area contributed by atoms with E-state index < -0.39 is 5.79 Å². The van der Waals surface area contributed by atoms with Gasteiger partial charge in [0.1, 0.15) is 5.75 Å². The Morgan fingerprint density at radius 2 is 2.19 bits per heavy atom. The lowest BCUT2D eigenvalue weighted by molar-refractivity contribution is -0.162. The Balaban J connectivity index is 1.70. The quantitative estimate of drug-likeness (QED) is 0.818. The predicted octanol–water partition coefficient (Wildman–Crippen LogP) is 2.27. The summed E-state index contributed by atoms with van der Waals surface area (Å²) in [5.74, 6) is 0.312. The molecule has 0 radical (unpaired) electrons. The fourth-order valence-electron chi connectivity index (χ4n) is 2.64. The number of methoxy groups -OCH3 is 1. The Bertz CT molecular complexity index is 563. The van der Waals surface area contributed by atoms with Crippen molar-refractivity contribution in [1.29, 1.82) is 0 Å². The molecule has 2 aromatic rings. The molecule has 0 atom stereocenters. The third-order valence-electron chi connectivity index (χ3n) is 3.73. The maximum absolute atomic E-state index is 5.92. The van der Waals surface area contributed by atoms with Crippen LogP contribution in [0.3, 0.4) is 0 Å². The first-order chi connectivity index (χ1) is 10.3. The summed E-state index contributed by atoms with van der Waals surface area (Å²) in [6.45, 7) is 2.12. The summed E-state index contributed by atoms with van der Waals surface area (Å²) in [5, 5.41) is 0. The lowest BCUT2D eigenvalue weighted by Crippen LogP contribution is -2.34. The summed E-state index contributed by atoms with van der Waals surface area (Å²) in [7, 11) is 1.68. The molecular formula is C16H20N2O3. The van der Waals surface area contributed by atoms with Crippen LogP contribution in [-0.4, -0.2) is 35.7 Å². The van der Waals surface area contributed by atoms with Crippen LogP contribution >= 0.6 is 0 Å². The molecule has 1 saturated heterocycles. The smallest absolute Gasteiger partial charge is 0.174 e. The number of rotatable bonds is 6. The molecule has 0 bridgehead atoms. The zero-order valence-corrected chi connectivity index (χ0v) is 12.2. The van der Waals surface area contributed by atoms with E-state index in [9.17, 15) is 0 Å². The highest BCUT2D eigenvalue weighted by Gasteiger charge is 2.36. The number of ether oxygens (including phenoxy) is 3. The Morgan fingerprint density at radius 3 is 2.90 bits per heavy atom. The summed E-state index contributed by atoms with van der Waals surface area (Å²) in [6, 6.07) is 8.04. The Morgan fingerprint density at radius 1 is 1.33 bits per heavy atom. The number of benzene rings is 1. The fraction of sp³-hybridized carbons (Fsp3) is 0.438. The van der Waals surface area contributed by atoms with Crippen LogP contribution in [0.2, 0.25) is 0 Å². The third kappa shape index (κ3) is 3.43. The molecule has 1 aliphatic heterocycles. The molecule has 0 amide bonds.